The Morgan fingerprint density at radius 1 is 1.40 bits per heavy atom. The van der Waals surface area contributed by atoms with Crippen LogP contribution >= 0.6 is 11.8 Å². The number of likely N-dealkylation sites (N-methyl/N-ethyl adjacent to an activating group) is 1. The monoisotopic (exact) mass is 303 g/mol. The van der Waals surface area contributed by atoms with Crippen molar-refractivity contribution in [2.45, 2.75) is 31.3 Å². The van der Waals surface area contributed by atoms with Crippen molar-refractivity contribution in [3.05, 3.63) is 0 Å². The summed E-state index contributed by atoms with van der Waals surface area (Å²) in [7, 11) is 1.47. The van der Waals surface area contributed by atoms with E-state index in [2.05, 4.69) is 10.6 Å². The normalized spacial score (nSPS) is 15.3. The standard InChI is InChI=1S/C12H21N3O4S/c1-15(7-10(16)13-8-3-4-8)12(19)14-9(11(17)18)5-6-20-2/h8-9H,3-7H2,1-2H3,(H,13,16)(H,14,19)(H,17,18). The van der Waals surface area contributed by atoms with Crippen molar-refractivity contribution in [3.8, 4) is 0 Å². The average molecular weight is 303 g/mol. The maximum absolute atomic E-state index is 11.8. The number of thioether (sulfide) groups is 1. The van der Waals surface area contributed by atoms with Crippen LogP contribution in [0.4, 0.5) is 4.79 Å². The van der Waals surface area contributed by atoms with Crippen LogP contribution in [0, 0.1) is 0 Å². The Labute approximate surface area is 122 Å². The van der Waals surface area contributed by atoms with E-state index >= 15 is 0 Å². The van der Waals surface area contributed by atoms with E-state index in [9.17, 15) is 14.4 Å². The molecule has 0 radical (unpaired) electrons. The first kappa shape index (κ1) is 16.6. The minimum Gasteiger partial charge on any atom is -0.480 e. The number of hydrogen-bond acceptors (Lipinski definition) is 4. The molecule has 0 aliphatic heterocycles. The van der Waals surface area contributed by atoms with Crippen molar-refractivity contribution >= 4 is 29.7 Å². The molecule has 0 aromatic rings. The Morgan fingerprint density at radius 3 is 2.55 bits per heavy atom. The van der Waals surface area contributed by atoms with Gasteiger partial charge in [-0.25, -0.2) is 9.59 Å². The summed E-state index contributed by atoms with van der Waals surface area (Å²) in [4.78, 5) is 35.6. The van der Waals surface area contributed by atoms with Gasteiger partial charge in [0.15, 0.2) is 0 Å². The lowest BCUT2D eigenvalue weighted by molar-refractivity contribution is -0.139. The molecule has 0 saturated heterocycles. The Bertz CT molecular complexity index is 374. The van der Waals surface area contributed by atoms with Crippen molar-refractivity contribution in [2.24, 2.45) is 0 Å². The molecule has 1 aliphatic rings. The minimum atomic E-state index is -1.07. The number of nitrogens with one attached hydrogen (secondary N) is 2. The molecule has 7 nitrogen and oxygen atoms in total. The highest BCUT2D eigenvalue weighted by Crippen LogP contribution is 2.18. The van der Waals surface area contributed by atoms with Gasteiger partial charge in [-0.3, -0.25) is 4.79 Å². The molecule has 0 aromatic carbocycles. The molecular weight excluding hydrogens is 282 g/mol. The molecule has 0 heterocycles. The van der Waals surface area contributed by atoms with Gasteiger partial charge in [0.05, 0.1) is 0 Å². The maximum atomic E-state index is 11.8. The number of urea groups is 1. The molecule has 0 spiro atoms. The van der Waals surface area contributed by atoms with Gasteiger partial charge < -0.3 is 20.6 Å². The molecule has 1 saturated carbocycles. The average Bonchev–Trinajstić information content (AvgIpc) is 3.17. The summed E-state index contributed by atoms with van der Waals surface area (Å²) in [6, 6.07) is -1.24. The second-order valence-electron chi connectivity index (χ2n) is 4.82. The van der Waals surface area contributed by atoms with E-state index in [4.69, 9.17) is 5.11 Å². The molecule has 1 aliphatic carbocycles. The van der Waals surface area contributed by atoms with Crippen molar-refractivity contribution in [3.63, 3.8) is 0 Å². The van der Waals surface area contributed by atoms with E-state index in [0.717, 1.165) is 12.8 Å². The van der Waals surface area contributed by atoms with Gasteiger partial charge in [0, 0.05) is 13.1 Å². The van der Waals surface area contributed by atoms with Gasteiger partial charge in [-0.2, -0.15) is 11.8 Å². The third-order valence-electron chi connectivity index (χ3n) is 2.88. The van der Waals surface area contributed by atoms with Crippen LogP contribution < -0.4 is 10.6 Å². The van der Waals surface area contributed by atoms with E-state index in [1.165, 1.54) is 23.7 Å². The van der Waals surface area contributed by atoms with Crippen LogP contribution in [0.25, 0.3) is 0 Å². The highest BCUT2D eigenvalue weighted by molar-refractivity contribution is 7.98. The Hall–Kier alpha value is -1.44. The van der Waals surface area contributed by atoms with Crippen LogP contribution in [0.5, 0.6) is 0 Å². The fraction of sp³-hybridized carbons (Fsp3) is 0.750. The van der Waals surface area contributed by atoms with Gasteiger partial charge in [0.2, 0.25) is 5.91 Å². The third kappa shape index (κ3) is 6.14. The van der Waals surface area contributed by atoms with Crippen molar-refractivity contribution in [2.75, 3.05) is 25.6 Å². The predicted molar refractivity (Wildman–Crippen MR) is 76.7 cm³/mol. The van der Waals surface area contributed by atoms with E-state index < -0.39 is 18.0 Å². The number of carboxylic acid groups (broad SMARTS) is 1. The van der Waals surface area contributed by atoms with Gasteiger partial charge >= 0.3 is 12.0 Å². The molecule has 3 N–H and O–H groups in total. The van der Waals surface area contributed by atoms with Crippen molar-refractivity contribution < 1.29 is 19.5 Å². The first-order valence-electron chi connectivity index (χ1n) is 6.46. The summed E-state index contributed by atoms with van der Waals surface area (Å²) >= 11 is 1.51. The highest BCUT2D eigenvalue weighted by atomic mass is 32.2. The quantitative estimate of drug-likeness (QED) is 0.591. The van der Waals surface area contributed by atoms with Crippen molar-refractivity contribution in [1.82, 2.24) is 15.5 Å². The molecule has 20 heavy (non-hydrogen) atoms. The zero-order valence-corrected chi connectivity index (χ0v) is 12.5. The molecule has 1 atom stereocenters. The number of aliphatic carboxylic acids is 1. The number of carbonyl (C=O) groups is 3. The van der Waals surface area contributed by atoms with Crippen LogP contribution in [0.15, 0.2) is 0 Å². The molecule has 0 aromatic heterocycles. The molecule has 0 bridgehead atoms. The largest absolute Gasteiger partial charge is 0.480 e. The molecule has 3 amide bonds. The number of nitrogens with zero attached hydrogens (tertiary/aromatic N) is 1. The Balaban J connectivity index is 2.37. The predicted octanol–water partition coefficient (Wildman–Crippen LogP) is 0.113. The minimum absolute atomic E-state index is 0.0722. The molecule has 1 fully saturated rings. The van der Waals surface area contributed by atoms with Crippen LogP contribution in [0.2, 0.25) is 0 Å². The lowest BCUT2D eigenvalue weighted by Gasteiger charge is -2.21. The third-order valence-corrected chi connectivity index (χ3v) is 3.52. The van der Waals surface area contributed by atoms with Crippen molar-refractivity contribution in [1.29, 1.82) is 0 Å². The summed E-state index contributed by atoms with van der Waals surface area (Å²) in [6.07, 6.45) is 4.19. The Kier molecular flexibility index (Phi) is 6.63. The second kappa shape index (κ2) is 7.98. The van der Waals surface area contributed by atoms with E-state index in [0.29, 0.717) is 12.2 Å². The number of amides is 3. The Morgan fingerprint density at radius 2 is 2.05 bits per heavy atom. The van der Waals surface area contributed by atoms with Crippen LogP contribution in [0.1, 0.15) is 19.3 Å². The number of carbonyl (C=O) groups excluding carboxylic acids is 2. The lowest BCUT2D eigenvalue weighted by atomic mass is 10.2. The summed E-state index contributed by atoms with van der Waals surface area (Å²) in [5.74, 6) is -0.646. The van der Waals surface area contributed by atoms with E-state index in [1.807, 2.05) is 6.26 Å². The zero-order valence-electron chi connectivity index (χ0n) is 11.7. The molecule has 1 unspecified atom stereocenters. The second-order valence-corrected chi connectivity index (χ2v) is 5.81. The molecule has 1 rings (SSSR count). The van der Waals surface area contributed by atoms with E-state index in [-0.39, 0.29) is 18.5 Å². The first-order chi connectivity index (χ1) is 9.43. The van der Waals surface area contributed by atoms with Crippen LogP contribution in [-0.4, -0.2) is 65.6 Å². The summed E-state index contributed by atoms with van der Waals surface area (Å²) in [6.45, 7) is -0.0722. The number of carboxylic acids is 1. The maximum Gasteiger partial charge on any atom is 0.326 e. The van der Waals surface area contributed by atoms with E-state index in [1.54, 1.807) is 0 Å². The van der Waals surface area contributed by atoms with Crippen LogP contribution in [0.3, 0.4) is 0 Å². The van der Waals surface area contributed by atoms with Gasteiger partial charge in [-0.15, -0.1) is 0 Å². The molecule has 8 heteroatoms. The van der Waals surface area contributed by atoms with Gasteiger partial charge in [0.1, 0.15) is 12.6 Å². The SMILES string of the molecule is CSCCC(NC(=O)N(C)CC(=O)NC1CC1)C(=O)O. The van der Waals surface area contributed by atoms with Gasteiger partial charge in [-0.05, 0) is 31.3 Å². The summed E-state index contributed by atoms with van der Waals surface area (Å²) < 4.78 is 0. The molecule has 114 valence electrons. The summed E-state index contributed by atoms with van der Waals surface area (Å²) in [5, 5.41) is 14.2. The smallest absolute Gasteiger partial charge is 0.326 e. The zero-order chi connectivity index (χ0) is 15.1. The fourth-order valence-electron chi connectivity index (χ4n) is 1.54. The topological polar surface area (TPSA) is 98.7 Å². The first-order valence-corrected chi connectivity index (χ1v) is 7.86. The lowest BCUT2D eigenvalue weighted by Crippen LogP contribution is -2.49. The highest BCUT2D eigenvalue weighted by Gasteiger charge is 2.25. The number of hydrogen-bond donors (Lipinski definition) is 3. The van der Waals surface area contributed by atoms with Crippen LogP contribution in [-0.2, 0) is 9.59 Å². The fourth-order valence-corrected chi connectivity index (χ4v) is 2.01. The summed E-state index contributed by atoms with van der Waals surface area (Å²) in [5.41, 5.74) is 0. The van der Waals surface area contributed by atoms with Gasteiger partial charge in [0.25, 0.3) is 0 Å². The number of rotatable bonds is 8. The van der Waals surface area contributed by atoms with Gasteiger partial charge in [-0.1, -0.05) is 0 Å². The molecular formula is C12H21N3O4S.